The number of benzene rings is 2. The molecular weight excluding hydrogens is 765 g/mol. The molecule has 0 aliphatic heterocycles. The van der Waals surface area contributed by atoms with Gasteiger partial charge in [-0.05, 0) is 76.9 Å². The van der Waals surface area contributed by atoms with Crippen molar-refractivity contribution in [1.82, 2.24) is 49.9 Å². The van der Waals surface area contributed by atoms with Crippen LogP contribution in [0.15, 0.2) is 58.1 Å². The summed E-state index contributed by atoms with van der Waals surface area (Å²) in [5.74, 6) is 0.871. The van der Waals surface area contributed by atoms with E-state index in [2.05, 4.69) is 40.6 Å². The van der Waals surface area contributed by atoms with Gasteiger partial charge in [-0.15, -0.1) is 10.2 Å². The lowest BCUT2D eigenvalue weighted by molar-refractivity contribution is -0.138. The predicted molar refractivity (Wildman–Crippen MR) is 187 cm³/mol. The van der Waals surface area contributed by atoms with Crippen LogP contribution in [-0.4, -0.2) is 49.9 Å². The number of rotatable bonds is 6. The number of aromatic nitrogens is 10. The Kier molecular flexibility index (Phi) is 11.2. The Balaban J connectivity index is 0.000000208. The Morgan fingerprint density at radius 1 is 0.611 bits per heavy atom. The van der Waals surface area contributed by atoms with Gasteiger partial charge in [-0.2, -0.15) is 26.3 Å². The first-order valence-corrected chi connectivity index (χ1v) is 16.6. The van der Waals surface area contributed by atoms with E-state index in [9.17, 15) is 35.9 Å². The average Bonchev–Trinajstić information content (AvgIpc) is 3.64. The number of nitrogens with zero attached hydrogens (tertiary/aromatic N) is 8. The maximum absolute atomic E-state index is 12.8. The molecule has 2 atom stereocenters. The fourth-order valence-electron chi connectivity index (χ4n) is 5.64. The summed E-state index contributed by atoms with van der Waals surface area (Å²) in [5, 5.41) is 16.3. The Morgan fingerprint density at radius 3 is 1.26 bits per heavy atom. The molecule has 0 amide bonds. The lowest BCUT2D eigenvalue weighted by atomic mass is 10.1. The molecule has 6 rings (SSSR count). The van der Waals surface area contributed by atoms with Crippen molar-refractivity contribution in [2.24, 2.45) is 0 Å². The standard InChI is InChI=1S/2C17H15ClF3N5O/c2*1-8(12-5-4-11(6-13(12)18)17(19,20)21)26-9(2)16(24-25-26)14-7-15(27)23-10(3)22-14/h2*4-8H,1-3H3,(H,22,23,27)/t2*8-/m10/s1. The molecule has 0 saturated heterocycles. The smallest absolute Gasteiger partial charge is 0.311 e. The lowest BCUT2D eigenvalue weighted by Crippen LogP contribution is -2.12. The topological polar surface area (TPSA) is 153 Å². The highest BCUT2D eigenvalue weighted by Crippen LogP contribution is 2.36. The van der Waals surface area contributed by atoms with E-state index in [0.717, 1.165) is 24.3 Å². The minimum atomic E-state index is -4.47. The maximum atomic E-state index is 12.8. The molecule has 0 aliphatic carbocycles. The molecular formula is C34H30Cl2F6N10O2. The first kappa shape index (κ1) is 39.8. The molecule has 0 spiro atoms. The minimum Gasteiger partial charge on any atom is -0.311 e. The first-order valence-electron chi connectivity index (χ1n) is 15.9. The van der Waals surface area contributed by atoms with Crippen LogP contribution in [0.5, 0.6) is 0 Å². The van der Waals surface area contributed by atoms with Crippen molar-refractivity contribution >= 4 is 23.2 Å². The van der Waals surface area contributed by atoms with Crippen molar-refractivity contribution in [3.63, 3.8) is 0 Å². The van der Waals surface area contributed by atoms with Gasteiger partial charge in [-0.3, -0.25) is 9.59 Å². The van der Waals surface area contributed by atoms with Gasteiger partial charge in [-0.25, -0.2) is 19.3 Å². The fourth-order valence-corrected chi connectivity index (χ4v) is 6.32. The van der Waals surface area contributed by atoms with E-state index >= 15 is 0 Å². The van der Waals surface area contributed by atoms with Crippen molar-refractivity contribution in [3.8, 4) is 22.8 Å². The third-order valence-corrected chi connectivity index (χ3v) is 9.00. The summed E-state index contributed by atoms with van der Waals surface area (Å²) in [5.41, 5.74) is 1.46. The second-order valence-corrected chi connectivity index (χ2v) is 13.0. The molecule has 0 fully saturated rings. The largest absolute Gasteiger partial charge is 0.416 e. The van der Waals surface area contributed by atoms with Crippen LogP contribution < -0.4 is 11.1 Å². The third-order valence-electron chi connectivity index (χ3n) is 8.35. The SMILES string of the molecule is Cc1nc(-c2nnn([C@@H](C)c3ccc(C(F)(F)F)cc3Cl)c2C)cc(=O)[nH]1.Cc1nc(-c2nnn([C@H](C)c3ccc(C(F)(F)F)cc3Cl)c2C)cc(=O)[nH]1. The quantitative estimate of drug-likeness (QED) is 0.162. The molecule has 12 nitrogen and oxygen atoms in total. The Bertz CT molecular complexity index is 2280. The van der Waals surface area contributed by atoms with E-state index in [1.54, 1.807) is 41.5 Å². The number of halogens is 8. The Labute approximate surface area is 312 Å². The molecule has 0 unspecified atom stereocenters. The van der Waals surface area contributed by atoms with Gasteiger partial charge >= 0.3 is 12.4 Å². The Hall–Kier alpha value is -5.36. The molecule has 0 aliphatic rings. The second-order valence-electron chi connectivity index (χ2n) is 12.2. The molecule has 2 aromatic carbocycles. The van der Waals surface area contributed by atoms with Crippen LogP contribution in [-0.2, 0) is 12.4 Å². The van der Waals surface area contributed by atoms with Crippen LogP contribution in [0.25, 0.3) is 22.8 Å². The zero-order valence-electron chi connectivity index (χ0n) is 29.2. The predicted octanol–water partition coefficient (Wildman–Crippen LogP) is 7.85. The highest BCUT2D eigenvalue weighted by atomic mass is 35.5. The van der Waals surface area contributed by atoms with Crippen LogP contribution in [0.2, 0.25) is 10.0 Å². The minimum absolute atomic E-state index is 0.0149. The number of nitrogens with one attached hydrogen (secondary N) is 2. The number of aromatic amines is 2. The van der Waals surface area contributed by atoms with Crippen molar-refractivity contribution in [1.29, 1.82) is 0 Å². The second kappa shape index (κ2) is 15.2. The van der Waals surface area contributed by atoms with Gasteiger partial charge in [0.2, 0.25) is 0 Å². The van der Waals surface area contributed by atoms with Gasteiger partial charge in [0.25, 0.3) is 11.1 Å². The van der Waals surface area contributed by atoms with Crippen molar-refractivity contribution < 1.29 is 26.3 Å². The third kappa shape index (κ3) is 8.54. The lowest BCUT2D eigenvalue weighted by Gasteiger charge is -2.17. The highest BCUT2D eigenvalue weighted by Gasteiger charge is 2.33. The molecule has 2 N–H and O–H groups in total. The summed E-state index contributed by atoms with van der Waals surface area (Å²) in [4.78, 5) is 36.9. The fraction of sp³-hybridized carbons (Fsp3) is 0.294. The zero-order chi connectivity index (χ0) is 39.9. The average molecular weight is 796 g/mol. The summed E-state index contributed by atoms with van der Waals surface area (Å²) >= 11 is 12.2. The summed E-state index contributed by atoms with van der Waals surface area (Å²) in [6.07, 6.45) is -8.93. The van der Waals surface area contributed by atoms with E-state index in [0.29, 0.717) is 56.9 Å². The molecule has 4 heterocycles. The molecule has 284 valence electrons. The van der Waals surface area contributed by atoms with Gasteiger partial charge in [0.15, 0.2) is 0 Å². The van der Waals surface area contributed by atoms with Crippen molar-refractivity contribution in [2.75, 3.05) is 0 Å². The van der Waals surface area contributed by atoms with Gasteiger partial charge in [0.05, 0.1) is 46.0 Å². The summed E-state index contributed by atoms with van der Waals surface area (Å²) in [6.45, 7) is 10.3. The summed E-state index contributed by atoms with van der Waals surface area (Å²) in [6, 6.07) is 8.07. The molecule has 0 bridgehead atoms. The normalized spacial score (nSPS) is 13.0. The summed E-state index contributed by atoms with van der Waals surface area (Å²) < 4.78 is 80.0. The molecule has 20 heteroatoms. The highest BCUT2D eigenvalue weighted by molar-refractivity contribution is 6.31. The van der Waals surface area contributed by atoms with Crippen LogP contribution in [0, 0.1) is 27.7 Å². The number of aryl methyl sites for hydroxylation is 2. The molecule has 54 heavy (non-hydrogen) atoms. The number of hydrogen-bond acceptors (Lipinski definition) is 8. The molecule has 0 radical (unpaired) electrons. The number of H-pyrrole nitrogens is 2. The van der Waals surface area contributed by atoms with E-state index in [1.807, 2.05) is 0 Å². The van der Waals surface area contributed by atoms with E-state index in [-0.39, 0.29) is 21.2 Å². The number of alkyl halides is 6. The van der Waals surface area contributed by atoms with Crippen LogP contribution in [0.4, 0.5) is 26.3 Å². The van der Waals surface area contributed by atoms with E-state index in [4.69, 9.17) is 23.2 Å². The number of hydrogen-bond donors (Lipinski definition) is 2. The van der Waals surface area contributed by atoms with Gasteiger partial charge in [0, 0.05) is 22.2 Å². The van der Waals surface area contributed by atoms with E-state index in [1.165, 1.54) is 33.6 Å². The molecule has 6 aromatic rings. The van der Waals surface area contributed by atoms with Gasteiger partial charge in [0.1, 0.15) is 23.0 Å². The zero-order valence-corrected chi connectivity index (χ0v) is 30.7. The Morgan fingerprint density at radius 2 is 0.963 bits per heavy atom. The maximum Gasteiger partial charge on any atom is 0.416 e. The molecule has 4 aromatic heterocycles. The van der Waals surface area contributed by atoms with Gasteiger partial charge in [-0.1, -0.05) is 45.8 Å². The summed E-state index contributed by atoms with van der Waals surface area (Å²) in [7, 11) is 0. The monoisotopic (exact) mass is 794 g/mol. The van der Waals surface area contributed by atoms with Crippen molar-refractivity contribution in [3.05, 3.63) is 125 Å². The van der Waals surface area contributed by atoms with Crippen LogP contribution in [0.3, 0.4) is 0 Å². The molecule has 0 saturated carbocycles. The van der Waals surface area contributed by atoms with Gasteiger partial charge < -0.3 is 9.97 Å². The van der Waals surface area contributed by atoms with Crippen LogP contribution in [0.1, 0.15) is 71.2 Å². The van der Waals surface area contributed by atoms with Crippen LogP contribution >= 0.6 is 23.2 Å². The first-order chi connectivity index (χ1) is 25.1. The van der Waals surface area contributed by atoms with E-state index < -0.39 is 35.6 Å². The van der Waals surface area contributed by atoms with Crippen molar-refractivity contribution in [2.45, 2.75) is 66.0 Å².